The van der Waals surface area contributed by atoms with E-state index in [0.717, 1.165) is 22.8 Å². The predicted octanol–water partition coefficient (Wildman–Crippen LogP) is 3.77. The van der Waals surface area contributed by atoms with Gasteiger partial charge in [-0.15, -0.1) is 11.8 Å². The number of nitrogens with zero attached hydrogens (tertiary/aromatic N) is 1. The Morgan fingerprint density at radius 2 is 2.08 bits per heavy atom. The second-order valence-electron chi connectivity index (χ2n) is 5.60. The Morgan fingerprint density at radius 3 is 2.75 bits per heavy atom. The predicted molar refractivity (Wildman–Crippen MR) is 93.4 cm³/mol. The zero-order chi connectivity index (χ0) is 17.1. The van der Waals surface area contributed by atoms with Crippen molar-refractivity contribution in [3.8, 4) is 11.5 Å². The van der Waals surface area contributed by atoms with Crippen molar-refractivity contribution in [3.63, 3.8) is 0 Å². The molecule has 1 unspecified atom stereocenters. The van der Waals surface area contributed by atoms with Crippen LogP contribution in [0.1, 0.15) is 28.9 Å². The van der Waals surface area contributed by atoms with E-state index in [-0.39, 0.29) is 11.3 Å². The fraction of sp³-hybridized carbons (Fsp3) is 0.389. The van der Waals surface area contributed by atoms with Crippen LogP contribution in [0.2, 0.25) is 0 Å². The summed E-state index contributed by atoms with van der Waals surface area (Å²) >= 11 is 1.72. The van der Waals surface area contributed by atoms with Gasteiger partial charge in [0.05, 0.1) is 20.8 Å². The minimum absolute atomic E-state index is 0.115. The Balaban J connectivity index is 1.92. The molecule has 0 bridgehead atoms. The van der Waals surface area contributed by atoms with Crippen molar-refractivity contribution in [2.75, 3.05) is 20.0 Å². The van der Waals surface area contributed by atoms with Crippen LogP contribution >= 0.6 is 11.8 Å². The lowest BCUT2D eigenvalue weighted by Gasteiger charge is -2.34. The molecule has 5 nitrogen and oxygen atoms in total. The summed E-state index contributed by atoms with van der Waals surface area (Å²) in [6.07, 6.45) is 0.535. The van der Waals surface area contributed by atoms with Gasteiger partial charge in [0.2, 0.25) is 5.91 Å². The fourth-order valence-electron chi connectivity index (χ4n) is 2.88. The maximum Gasteiger partial charge on any atom is 0.224 e. The number of benzene rings is 1. The van der Waals surface area contributed by atoms with Crippen molar-refractivity contribution in [1.82, 2.24) is 4.90 Å². The maximum absolute atomic E-state index is 12.5. The molecule has 0 N–H and O–H groups in total. The van der Waals surface area contributed by atoms with Crippen molar-refractivity contribution >= 4 is 17.7 Å². The normalized spacial score (nSPS) is 17.9. The number of thioether (sulfide) groups is 1. The zero-order valence-electron chi connectivity index (χ0n) is 14.1. The zero-order valence-corrected chi connectivity index (χ0v) is 14.9. The molecule has 6 heteroatoms. The number of furan rings is 1. The van der Waals surface area contributed by atoms with Crippen molar-refractivity contribution in [3.05, 3.63) is 47.4 Å². The van der Waals surface area contributed by atoms with Gasteiger partial charge in [0.15, 0.2) is 11.5 Å². The van der Waals surface area contributed by atoms with E-state index in [2.05, 4.69) is 0 Å². The second-order valence-corrected chi connectivity index (χ2v) is 6.78. The number of ether oxygens (including phenoxy) is 2. The Morgan fingerprint density at radius 1 is 1.25 bits per heavy atom. The van der Waals surface area contributed by atoms with E-state index in [9.17, 15) is 4.79 Å². The van der Waals surface area contributed by atoms with Gasteiger partial charge in [-0.05, 0) is 25.1 Å². The average Bonchev–Trinajstić information content (AvgIpc) is 3.02. The van der Waals surface area contributed by atoms with Crippen molar-refractivity contribution in [1.29, 1.82) is 0 Å². The lowest BCUT2D eigenvalue weighted by Crippen LogP contribution is -2.36. The Hall–Kier alpha value is -2.08. The molecule has 128 valence electrons. The number of methoxy groups -OCH3 is 2. The molecule has 1 aliphatic heterocycles. The SMILES string of the molecule is COc1cccc(CN2C(=O)CCSC2c2ccc(C)o2)c1OC. The largest absolute Gasteiger partial charge is 0.493 e. The molecule has 2 aromatic rings. The summed E-state index contributed by atoms with van der Waals surface area (Å²) < 4.78 is 16.6. The molecule has 1 fully saturated rings. The van der Waals surface area contributed by atoms with Gasteiger partial charge in [0.1, 0.15) is 16.9 Å². The Bertz CT molecular complexity index is 728. The number of hydrogen-bond donors (Lipinski definition) is 0. The van der Waals surface area contributed by atoms with Crippen LogP contribution in [0.15, 0.2) is 34.7 Å². The number of para-hydroxylation sites is 1. The summed E-state index contributed by atoms with van der Waals surface area (Å²) in [5.74, 6) is 3.91. The van der Waals surface area contributed by atoms with Gasteiger partial charge in [-0.1, -0.05) is 12.1 Å². The molecule has 0 spiro atoms. The molecule has 1 amide bonds. The molecule has 1 aromatic heterocycles. The number of carbonyl (C=O) groups is 1. The van der Waals surface area contributed by atoms with Gasteiger partial charge in [-0.25, -0.2) is 0 Å². The van der Waals surface area contributed by atoms with Gasteiger partial charge < -0.3 is 18.8 Å². The number of aryl methyl sites for hydroxylation is 1. The van der Waals surface area contributed by atoms with E-state index in [1.165, 1.54) is 0 Å². The van der Waals surface area contributed by atoms with Crippen LogP contribution in [-0.2, 0) is 11.3 Å². The van der Waals surface area contributed by atoms with Gasteiger partial charge in [0.25, 0.3) is 0 Å². The molecule has 0 radical (unpaired) electrons. The first-order chi connectivity index (χ1) is 11.6. The average molecular weight is 347 g/mol. The fourth-order valence-corrected chi connectivity index (χ4v) is 4.06. The summed E-state index contributed by atoms with van der Waals surface area (Å²) in [7, 11) is 3.22. The maximum atomic E-state index is 12.5. The van der Waals surface area contributed by atoms with Gasteiger partial charge in [0, 0.05) is 17.7 Å². The van der Waals surface area contributed by atoms with Gasteiger partial charge in [-0.2, -0.15) is 0 Å². The summed E-state index contributed by atoms with van der Waals surface area (Å²) in [5, 5.41) is -0.115. The lowest BCUT2D eigenvalue weighted by molar-refractivity contribution is -0.133. The first-order valence-corrected chi connectivity index (χ1v) is 8.86. The van der Waals surface area contributed by atoms with E-state index < -0.39 is 0 Å². The molecule has 3 rings (SSSR count). The van der Waals surface area contributed by atoms with Crippen LogP contribution < -0.4 is 9.47 Å². The number of rotatable bonds is 5. The smallest absolute Gasteiger partial charge is 0.224 e. The first-order valence-electron chi connectivity index (χ1n) is 7.81. The van der Waals surface area contributed by atoms with Crippen molar-refractivity contribution in [2.45, 2.75) is 25.3 Å². The molecule has 0 aliphatic carbocycles. The summed E-state index contributed by atoms with van der Waals surface area (Å²) in [4.78, 5) is 14.4. The van der Waals surface area contributed by atoms with Crippen molar-refractivity contribution < 1.29 is 18.7 Å². The number of amides is 1. The van der Waals surface area contributed by atoms with Crippen LogP contribution in [0.4, 0.5) is 0 Å². The molecule has 1 aliphatic rings. The van der Waals surface area contributed by atoms with Crippen LogP contribution in [0, 0.1) is 6.92 Å². The highest BCUT2D eigenvalue weighted by molar-refractivity contribution is 7.99. The van der Waals surface area contributed by atoms with E-state index in [1.54, 1.807) is 26.0 Å². The van der Waals surface area contributed by atoms with Gasteiger partial charge >= 0.3 is 0 Å². The summed E-state index contributed by atoms with van der Waals surface area (Å²) in [6, 6.07) is 9.59. The standard InChI is InChI=1S/C18H21NO4S/c1-12-7-8-15(23-12)18-19(16(20)9-10-24-18)11-13-5-4-6-14(21-2)17(13)22-3/h4-8,18H,9-11H2,1-3H3. The highest BCUT2D eigenvalue weighted by Gasteiger charge is 2.32. The highest BCUT2D eigenvalue weighted by Crippen LogP contribution is 2.40. The summed E-state index contributed by atoms with van der Waals surface area (Å²) in [6.45, 7) is 2.37. The van der Waals surface area contributed by atoms with Crippen LogP contribution in [0.5, 0.6) is 11.5 Å². The first kappa shape index (κ1) is 16.8. The molecule has 24 heavy (non-hydrogen) atoms. The monoisotopic (exact) mass is 347 g/mol. The quantitative estimate of drug-likeness (QED) is 0.824. The molecule has 1 saturated heterocycles. The number of hydrogen-bond acceptors (Lipinski definition) is 5. The molecule has 2 heterocycles. The van der Waals surface area contributed by atoms with Crippen LogP contribution in [0.3, 0.4) is 0 Å². The topological polar surface area (TPSA) is 51.9 Å². The van der Waals surface area contributed by atoms with E-state index in [1.807, 2.05) is 42.2 Å². The number of carbonyl (C=O) groups excluding carboxylic acids is 1. The lowest BCUT2D eigenvalue weighted by atomic mass is 10.1. The highest BCUT2D eigenvalue weighted by atomic mass is 32.2. The molecular weight excluding hydrogens is 326 g/mol. The molecule has 0 saturated carbocycles. The Labute approximate surface area is 145 Å². The third-order valence-electron chi connectivity index (χ3n) is 4.02. The second kappa shape index (κ2) is 7.21. The summed E-state index contributed by atoms with van der Waals surface area (Å²) in [5.41, 5.74) is 0.918. The molecular formula is C18H21NO4S. The van der Waals surface area contributed by atoms with Crippen LogP contribution in [0.25, 0.3) is 0 Å². The van der Waals surface area contributed by atoms with E-state index >= 15 is 0 Å². The van der Waals surface area contributed by atoms with E-state index in [4.69, 9.17) is 13.9 Å². The van der Waals surface area contributed by atoms with Crippen LogP contribution in [-0.4, -0.2) is 30.8 Å². The molecule has 1 atom stereocenters. The van der Waals surface area contributed by atoms with E-state index in [0.29, 0.717) is 24.5 Å². The third kappa shape index (κ3) is 3.24. The van der Waals surface area contributed by atoms with Crippen molar-refractivity contribution in [2.24, 2.45) is 0 Å². The molecule has 1 aromatic carbocycles. The van der Waals surface area contributed by atoms with Gasteiger partial charge in [-0.3, -0.25) is 4.79 Å². The third-order valence-corrected chi connectivity index (χ3v) is 5.27. The Kier molecular flexibility index (Phi) is 5.04. The minimum Gasteiger partial charge on any atom is -0.493 e. The minimum atomic E-state index is -0.115.